The fourth-order valence-corrected chi connectivity index (χ4v) is 16.6. The van der Waals surface area contributed by atoms with Crippen molar-refractivity contribution in [2.45, 2.75) is 60.8 Å². The van der Waals surface area contributed by atoms with E-state index in [-0.39, 0.29) is 5.60 Å². The monoisotopic (exact) mass is 350 g/mol. The molecule has 0 saturated carbocycles. The summed E-state index contributed by atoms with van der Waals surface area (Å²) < 4.78 is 7.63. The van der Waals surface area contributed by atoms with Crippen molar-refractivity contribution in [2.75, 3.05) is 6.61 Å². The molecule has 1 nitrogen and oxygen atoms in total. The van der Waals surface area contributed by atoms with Gasteiger partial charge < -0.3 is 0 Å². The third-order valence-corrected chi connectivity index (χ3v) is 11.3. The van der Waals surface area contributed by atoms with E-state index in [0.29, 0.717) is 0 Å². The Hall–Kier alpha value is 0.716. The minimum absolute atomic E-state index is 0.0522. The van der Waals surface area contributed by atoms with Gasteiger partial charge in [0.1, 0.15) is 0 Å². The Labute approximate surface area is 108 Å². The van der Waals surface area contributed by atoms with Crippen molar-refractivity contribution in [1.29, 1.82) is 0 Å². The van der Waals surface area contributed by atoms with Gasteiger partial charge in [-0.2, -0.15) is 0 Å². The molecule has 0 heterocycles. The van der Waals surface area contributed by atoms with Gasteiger partial charge >= 0.3 is 108 Å². The summed E-state index contributed by atoms with van der Waals surface area (Å²) in [6, 6.07) is 0. The number of ether oxygens (including phenoxy) is 1. The SMILES string of the molecule is CCOC(C)(C)/[C](=C/[Si](C)(C)C)[Sn]([CH3])([CH3])[CH3]. The maximum absolute atomic E-state index is 5.97. The van der Waals surface area contributed by atoms with E-state index in [0.717, 1.165) is 6.61 Å². The first-order chi connectivity index (χ1) is 6.90. The van der Waals surface area contributed by atoms with Crippen molar-refractivity contribution in [3.05, 3.63) is 9.29 Å². The van der Waals surface area contributed by atoms with Gasteiger partial charge in [0, 0.05) is 0 Å². The van der Waals surface area contributed by atoms with Gasteiger partial charge in [0.15, 0.2) is 0 Å². The Kier molecular flexibility index (Phi) is 5.82. The molecule has 0 aliphatic rings. The van der Waals surface area contributed by atoms with Crippen molar-refractivity contribution in [3.8, 4) is 0 Å². The van der Waals surface area contributed by atoms with Crippen molar-refractivity contribution < 1.29 is 4.74 Å². The van der Waals surface area contributed by atoms with E-state index >= 15 is 0 Å². The maximum atomic E-state index is 5.97. The van der Waals surface area contributed by atoms with Crippen LogP contribution in [0.5, 0.6) is 0 Å². The quantitative estimate of drug-likeness (QED) is 0.665. The summed E-state index contributed by atoms with van der Waals surface area (Å²) >= 11 is -2.05. The molecule has 0 bridgehead atoms. The van der Waals surface area contributed by atoms with Gasteiger partial charge in [-0.25, -0.2) is 0 Å². The topological polar surface area (TPSA) is 9.23 Å². The zero-order chi connectivity index (χ0) is 13.2. The normalized spacial score (nSPS) is 15.4. The predicted octanol–water partition coefficient (Wildman–Crippen LogP) is 4.48. The molecule has 96 valence electrons. The fourth-order valence-electron chi connectivity index (χ4n) is 2.17. The molecule has 0 saturated heterocycles. The zero-order valence-electron chi connectivity index (χ0n) is 12.7. The van der Waals surface area contributed by atoms with E-state index in [4.69, 9.17) is 4.74 Å². The van der Waals surface area contributed by atoms with Crippen LogP contribution in [0.4, 0.5) is 0 Å². The number of rotatable bonds is 5. The predicted molar refractivity (Wildman–Crippen MR) is 80.5 cm³/mol. The van der Waals surface area contributed by atoms with Crippen LogP contribution in [0.1, 0.15) is 20.8 Å². The average molecular weight is 349 g/mol. The molecule has 0 N–H and O–H groups in total. The fraction of sp³-hybridized carbons (Fsp3) is 0.846. The van der Waals surface area contributed by atoms with E-state index in [2.05, 4.69) is 60.9 Å². The van der Waals surface area contributed by atoms with Crippen LogP contribution in [-0.2, 0) is 4.74 Å². The molecule has 0 unspecified atom stereocenters. The summed E-state index contributed by atoms with van der Waals surface area (Å²) in [4.78, 5) is 7.46. The van der Waals surface area contributed by atoms with E-state index in [1.165, 1.54) is 0 Å². The Morgan fingerprint density at radius 1 is 1.19 bits per heavy atom. The molecule has 0 amide bonds. The molecule has 0 atom stereocenters. The second kappa shape index (κ2) is 5.57. The molecule has 0 aromatic rings. The molecule has 0 aromatic carbocycles. The number of hydrogen-bond acceptors (Lipinski definition) is 1. The Morgan fingerprint density at radius 2 is 1.62 bits per heavy atom. The van der Waals surface area contributed by atoms with Crippen LogP contribution >= 0.6 is 0 Å². The standard InChI is InChI=1S/C10H21OSi.3CH3.Sn/c1-7-11-10(2,3)8-9-12(4,5)6;;;;/h9H,7H2,1-6H3;3*1H3;. The summed E-state index contributed by atoms with van der Waals surface area (Å²) in [5.41, 5.74) is 2.54. The molecule has 0 rings (SSSR count). The van der Waals surface area contributed by atoms with Crippen molar-refractivity contribution in [2.24, 2.45) is 0 Å². The Morgan fingerprint density at radius 3 is 1.88 bits per heavy atom. The summed E-state index contributed by atoms with van der Waals surface area (Å²) in [5, 5.41) is 0. The molecular weight excluding hydrogens is 319 g/mol. The molecule has 16 heavy (non-hydrogen) atoms. The molecule has 0 aromatic heterocycles. The summed E-state index contributed by atoms with van der Waals surface area (Å²) in [5.74, 6) is 0. The third kappa shape index (κ3) is 5.87. The van der Waals surface area contributed by atoms with Gasteiger partial charge in [-0.05, 0) is 0 Å². The van der Waals surface area contributed by atoms with Gasteiger partial charge in [-0.15, -0.1) is 0 Å². The molecule has 0 spiro atoms. The molecule has 0 fully saturated rings. The molecule has 0 aliphatic heterocycles. The Bertz CT molecular complexity index is 256. The van der Waals surface area contributed by atoms with Crippen LogP contribution < -0.4 is 0 Å². The van der Waals surface area contributed by atoms with Crippen LogP contribution in [0, 0.1) is 0 Å². The van der Waals surface area contributed by atoms with Crippen molar-refractivity contribution in [3.63, 3.8) is 0 Å². The molecule has 3 heteroatoms. The van der Waals surface area contributed by atoms with Crippen LogP contribution in [-0.4, -0.2) is 38.7 Å². The first kappa shape index (κ1) is 16.7. The van der Waals surface area contributed by atoms with Crippen LogP contribution in [0.25, 0.3) is 0 Å². The summed E-state index contributed by atoms with van der Waals surface area (Å²) in [7, 11) is -1.16. The molecule has 0 aliphatic carbocycles. The average Bonchev–Trinajstić information content (AvgIpc) is 1.96. The number of hydrogen-bond donors (Lipinski definition) is 0. The van der Waals surface area contributed by atoms with E-state index < -0.39 is 26.5 Å². The van der Waals surface area contributed by atoms with Crippen molar-refractivity contribution >= 4 is 26.5 Å². The van der Waals surface area contributed by atoms with Gasteiger partial charge in [0.25, 0.3) is 0 Å². The molecular formula is C13H30OSiSn. The van der Waals surface area contributed by atoms with Gasteiger partial charge in [-0.3, -0.25) is 0 Å². The summed E-state index contributed by atoms with van der Waals surface area (Å²) in [6.07, 6.45) is 0. The Balaban J connectivity index is 5.36. The third-order valence-electron chi connectivity index (χ3n) is 2.54. The second-order valence-corrected chi connectivity index (χ2v) is 26.5. The van der Waals surface area contributed by atoms with Crippen LogP contribution in [0.3, 0.4) is 0 Å². The first-order valence-corrected chi connectivity index (χ1v) is 19.8. The van der Waals surface area contributed by atoms with E-state index in [9.17, 15) is 0 Å². The minimum atomic E-state index is -2.05. The zero-order valence-corrected chi connectivity index (χ0v) is 16.5. The van der Waals surface area contributed by atoms with Gasteiger partial charge in [0.05, 0.1) is 0 Å². The van der Waals surface area contributed by atoms with E-state index in [1.54, 1.807) is 3.59 Å². The summed E-state index contributed by atoms with van der Waals surface area (Å²) in [6.45, 7) is 14.6. The van der Waals surface area contributed by atoms with Crippen LogP contribution in [0.2, 0.25) is 34.5 Å². The van der Waals surface area contributed by atoms with E-state index in [1.807, 2.05) is 0 Å². The van der Waals surface area contributed by atoms with Gasteiger partial charge in [0.2, 0.25) is 0 Å². The van der Waals surface area contributed by atoms with Crippen molar-refractivity contribution in [1.82, 2.24) is 0 Å². The van der Waals surface area contributed by atoms with Crippen LogP contribution in [0.15, 0.2) is 9.29 Å². The van der Waals surface area contributed by atoms with Gasteiger partial charge in [-0.1, -0.05) is 0 Å². The second-order valence-electron chi connectivity index (χ2n) is 7.12. The first-order valence-electron chi connectivity index (χ1n) is 6.28. The molecule has 0 radical (unpaired) electrons.